The van der Waals surface area contributed by atoms with Gasteiger partial charge in [-0.15, -0.1) is 0 Å². The Kier molecular flexibility index (Phi) is 4.94. The van der Waals surface area contributed by atoms with Crippen LogP contribution in [0.5, 0.6) is 0 Å². The zero-order valence-electron chi connectivity index (χ0n) is 11.4. The van der Waals surface area contributed by atoms with E-state index in [0.717, 1.165) is 0 Å². The number of aliphatic hydroxyl groups is 1. The van der Waals surface area contributed by atoms with Crippen LogP contribution in [-0.4, -0.2) is 48.6 Å². The minimum atomic E-state index is -3.05. The van der Waals surface area contributed by atoms with Crippen LogP contribution < -0.4 is 5.32 Å². The average molecular weight is 308 g/mol. The standard InChI is InChI=1S/C14H16N2O4S/c17-7-1-3-11-5-6-13(15-9-11)14(18)16-12-4-2-8-21(19,20)10-12/h5-6,9,12,17H,2,4,7-8,10H2,(H,16,18). The molecular formula is C14H16N2O4S. The van der Waals surface area contributed by atoms with Crippen LogP contribution in [-0.2, 0) is 9.84 Å². The summed E-state index contributed by atoms with van der Waals surface area (Å²) in [5.41, 5.74) is 0.813. The van der Waals surface area contributed by atoms with Gasteiger partial charge in [0.15, 0.2) is 9.84 Å². The van der Waals surface area contributed by atoms with Crippen LogP contribution in [0.25, 0.3) is 0 Å². The topological polar surface area (TPSA) is 96.4 Å². The molecule has 1 saturated heterocycles. The molecular weight excluding hydrogens is 292 g/mol. The van der Waals surface area contributed by atoms with E-state index in [2.05, 4.69) is 22.1 Å². The summed E-state index contributed by atoms with van der Waals surface area (Å²) in [6.45, 7) is -0.238. The Morgan fingerprint density at radius 1 is 1.48 bits per heavy atom. The molecule has 0 radical (unpaired) electrons. The third kappa shape index (κ3) is 4.55. The second-order valence-electron chi connectivity index (χ2n) is 4.82. The van der Waals surface area contributed by atoms with Gasteiger partial charge in [0.2, 0.25) is 0 Å². The lowest BCUT2D eigenvalue weighted by atomic mass is 10.2. The second-order valence-corrected chi connectivity index (χ2v) is 7.05. The molecule has 21 heavy (non-hydrogen) atoms. The molecule has 112 valence electrons. The van der Waals surface area contributed by atoms with Crippen LogP contribution in [0.4, 0.5) is 0 Å². The molecule has 1 fully saturated rings. The molecule has 1 amide bonds. The number of hydrogen-bond acceptors (Lipinski definition) is 5. The van der Waals surface area contributed by atoms with Crippen LogP contribution in [0.1, 0.15) is 28.9 Å². The van der Waals surface area contributed by atoms with Gasteiger partial charge in [-0.05, 0) is 25.0 Å². The molecule has 2 heterocycles. The molecule has 1 atom stereocenters. The Morgan fingerprint density at radius 3 is 2.90 bits per heavy atom. The van der Waals surface area contributed by atoms with Crippen molar-refractivity contribution in [2.24, 2.45) is 0 Å². The molecule has 0 bridgehead atoms. The summed E-state index contributed by atoms with van der Waals surface area (Å²) in [6, 6.07) is 2.79. The maximum absolute atomic E-state index is 12.0. The fourth-order valence-electron chi connectivity index (χ4n) is 2.14. The molecule has 1 aromatic rings. The van der Waals surface area contributed by atoms with Crippen molar-refractivity contribution in [1.82, 2.24) is 10.3 Å². The molecule has 1 aromatic heterocycles. The molecule has 2 rings (SSSR count). The molecule has 0 spiro atoms. The van der Waals surface area contributed by atoms with E-state index in [1.165, 1.54) is 12.3 Å². The lowest BCUT2D eigenvalue weighted by molar-refractivity contribution is 0.0933. The zero-order valence-corrected chi connectivity index (χ0v) is 12.2. The number of nitrogens with zero attached hydrogens (tertiary/aromatic N) is 1. The Balaban J connectivity index is 2.00. The van der Waals surface area contributed by atoms with Gasteiger partial charge in [-0.3, -0.25) is 4.79 Å². The number of aromatic nitrogens is 1. The van der Waals surface area contributed by atoms with Crippen molar-refractivity contribution in [3.63, 3.8) is 0 Å². The highest BCUT2D eigenvalue weighted by Crippen LogP contribution is 2.12. The summed E-state index contributed by atoms with van der Waals surface area (Å²) < 4.78 is 23.0. The summed E-state index contributed by atoms with van der Waals surface area (Å²) in [6.07, 6.45) is 2.66. The molecule has 6 nitrogen and oxygen atoms in total. The third-order valence-corrected chi connectivity index (χ3v) is 4.93. The Labute approximate surface area is 123 Å². The van der Waals surface area contributed by atoms with Gasteiger partial charge in [0, 0.05) is 17.8 Å². The highest BCUT2D eigenvalue weighted by Gasteiger charge is 2.26. The monoisotopic (exact) mass is 308 g/mol. The zero-order chi connectivity index (χ0) is 15.3. The van der Waals surface area contributed by atoms with Crippen molar-refractivity contribution in [1.29, 1.82) is 0 Å². The summed E-state index contributed by atoms with van der Waals surface area (Å²) in [4.78, 5) is 16.0. The number of carbonyl (C=O) groups excluding carboxylic acids is 1. The van der Waals surface area contributed by atoms with Crippen LogP contribution in [0.15, 0.2) is 18.3 Å². The van der Waals surface area contributed by atoms with Crippen LogP contribution in [0.2, 0.25) is 0 Å². The van der Waals surface area contributed by atoms with Gasteiger partial charge in [0.1, 0.15) is 12.3 Å². The van der Waals surface area contributed by atoms with Crippen molar-refractivity contribution in [3.8, 4) is 11.8 Å². The number of nitrogens with one attached hydrogen (secondary N) is 1. The summed E-state index contributed by atoms with van der Waals surface area (Å²) in [5, 5.41) is 11.3. The smallest absolute Gasteiger partial charge is 0.270 e. The fourth-order valence-corrected chi connectivity index (χ4v) is 3.78. The van der Waals surface area contributed by atoms with E-state index >= 15 is 0 Å². The van der Waals surface area contributed by atoms with E-state index in [9.17, 15) is 13.2 Å². The van der Waals surface area contributed by atoms with Crippen LogP contribution in [0.3, 0.4) is 0 Å². The Morgan fingerprint density at radius 2 is 2.29 bits per heavy atom. The summed E-state index contributed by atoms with van der Waals surface area (Å²) >= 11 is 0. The number of aliphatic hydroxyl groups excluding tert-OH is 1. The first-order valence-electron chi connectivity index (χ1n) is 6.57. The predicted octanol–water partition coefficient (Wildman–Crippen LogP) is -0.268. The van der Waals surface area contributed by atoms with Crippen molar-refractivity contribution >= 4 is 15.7 Å². The van der Waals surface area contributed by atoms with Gasteiger partial charge in [-0.25, -0.2) is 13.4 Å². The maximum Gasteiger partial charge on any atom is 0.270 e. The molecule has 0 saturated carbocycles. The molecule has 1 aliphatic rings. The molecule has 0 aliphatic carbocycles. The fraction of sp³-hybridized carbons (Fsp3) is 0.429. The number of amides is 1. The lowest BCUT2D eigenvalue weighted by Crippen LogP contribution is -2.43. The van der Waals surface area contributed by atoms with Crippen molar-refractivity contribution in [2.45, 2.75) is 18.9 Å². The Hall–Kier alpha value is -1.91. The Bertz CT molecular complexity index is 671. The number of pyridine rings is 1. The highest BCUT2D eigenvalue weighted by molar-refractivity contribution is 7.91. The van der Waals surface area contributed by atoms with Gasteiger partial charge in [-0.2, -0.15) is 0 Å². The van der Waals surface area contributed by atoms with E-state index in [1.807, 2.05) is 0 Å². The predicted molar refractivity (Wildman–Crippen MR) is 77.3 cm³/mol. The molecule has 0 aromatic carbocycles. The van der Waals surface area contributed by atoms with Crippen molar-refractivity contribution in [2.75, 3.05) is 18.1 Å². The number of hydrogen-bond donors (Lipinski definition) is 2. The quantitative estimate of drug-likeness (QED) is 0.733. The van der Waals surface area contributed by atoms with E-state index < -0.39 is 15.7 Å². The van der Waals surface area contributed by atoms with Gasteiger partial charge < -0.3 is 10.4 Å². The minimum Gasteiger partial charge on any atom is -0.384 e. The largest absolute Gasteiger partial charge is 0.384 e. The first-order chi connectivity index (χ1) is 10.00. The first-order valence-corrected chi connectivity index (χ1v) is 8.39. The van der Waals surface area contributed by atoms with Gasteiger partial charge in [-0.1, -0.05) is 11.8 Å². The molecule has 1 aliphatic heterocycles. The third-order valence-electron chi connectivity index (χ3n) is 3.11. The molecule has 2 N–H and O–H groups in total. The van der Waals surface area contributed by atoms with E-state index in [0.29, 0.717) is 18.4 Å². The van der Waals surface area contributed by atoms with Crippen LogP contribution in [0, 0.1) is 11.8 Å². The number of sulfone groups is 1. The summed E-state index contributed by atoms with van der Waals surface area (Å²) in [5.74, 6) is 4.95. The van der Waals surface area contributed by atoms with E-state index in [-0.39, 0.29) is 29.8 Å². The van der Waals surface area contributed by atoms with E-state index in [4.69, 9.17) is 5.11 Å². The average Bonchev–Trinajstić information content (AvgIpc) is 2.44. The van der Waals surface area contributed by atoms with Crippen molar-refractivity contribution in [3.05, 3.63) is 29.6 Å². The van der Waals surface area contributed by atoms with Gasteiger partial charge in [0.25, 0.3) is 5.91 Å². The SMILES string of the molecule is O=C(NC1CCCS(=O)(=O)C1)c1ccc(C#CCO)cn1. The highest BCUT2D eigenvalue weighted by atomic mass is 32.2. The molecule has 1 unspecified atom stereocenters. The van der Waals surface area contributed by atoms with E-state index in [1.54, 1.807) is 6.07 Å². The van der Waals surface area contributed by atoms with Gasteiger partial charge >= 0.3 is 0 Å². The summed E-state index contributed by atoms with van der Waals surface area (Å²) in [7, 11) is -3.05. The maximum atomic E-state index is 12.0. The van der Waals surface area contributed by atoms with Gasteiger partial charge in [0.05, 0.1) is 11.5 Å². The number of carbonyl (C=O) groups is 1. The number of rotatable bonds is 2. The second kappa shape index (κ2) is 6.70. The first kappa shape index (κ1) is 15.5. The normalized spacial score (nSPS) is 20.1. The minimum absolute atomic E-state index is 0.0151. The lowest BCUT2D eigenvalue weighted by Gasteiger charge is -2.22. The molecule has 7 heteroatoms. The van der Waals surface area contributed by atoms with Crippen LogP contribution >= 0.6 is 0 Å². The van der Waals surface area contributed by atoms with Crippen molar-refractivity contribution < 1.29 is 18.3 Å².